The van der Waals surface area contributed by atoms with Crippen LogP contribution >= 0.6 is 11.6 Å². The fourth-order valence-corrected chi connectivity index (χ4v) is 3.70. The number of aliphatic carboxylic acids is 2. The first-order chi connectivity index (χ1) is 14.3. The molecule has 0 fully saturated rings. The van der Waals surface area contributed by atoms with Crippen molar-refractivity contribution in [1.82, 2.24) is 0 Å². The van der Waals surface area contributed by atoms with Crippen molar-refractivity contribution < 1.29 is 34.0 Å². The molecule has 2 atom stereocenters. The highest BCUT2D eigenvalue weighted by Gasteiger charge is 2.42. The molecule has 9 heteroatoms. The number of hydrogen-bond donors (Lipinski definition) is 2. The average Bonchev–Trinajstić information content (AvgIpc) is 2.67. The van der Waals surface area contributed by atoms with Gasteiger partial charge in [-0.2, -0.15) is 0 Å². The quantitative estimate of drug-likeness (QED) is 0.508. The number of carboxylic acids is 2. The van der Waals surface area contributed by atoms with Crippen LogP contribution in [0.1, 0.15) is 32.3 Å². The number of rotatable bonds is 11. The topological polar surface area (TPSA) is 115 Å². The molecule has 0 saturated carbocycles. The molecule has 0 aromatic heterocycles. The Kier molecular flexibility index (Phi) is 8.98. The summed E-state index contributed by atoms with van der Waals surface area (Å²) in [6, 6.07) is 6.61. The van der Waals surface area contributed by atoms with Crippen LogP contribution < -0.4 is 0 Å². The molecule has 0 spiro atoms. The van der Waals surface area contributed by atoms with Gasteiger partial charge < -0.3 is 24.4 Å². The summed E-state index contributed by atoms with van der Waals surface area (Å²) < 4.78 is 16.4. The van der Waals surface area contributed by atoms with Crippen LogP contribution in [0.15, 0.2) is 40.5 Å². The van der Waals surface area contributed by atoms with Gasteiger partial charge in [0.2, 0.25) is 0 Å². The summed E-state index contributed by atoms with van der Waals surface area (Å²) in [5.74, 6) is -4.60. The zero-order valence-corrected chi connectivity index (χ0v) is 17.9. The summed E-state index contributed by atoms with van der Waals surface area (Å²) in [6.45, 7) is 6.02. The molecule has 0 aliphatic carbocycles. The lowest BCUT2D eigenvalue weighted by Gasteiger charge is -2.31. The predicted molar refractivity (Wildman–Crippen MR) is 111 cm³/mol. The van der Waals surface area contributed by atoms with E-state index in [0.717, 1.165) is 0 Å². The van der Waals surface area contributed by atoms with Crippen LogP contribution in [0.4, 0.5) is 0 Å². The maximum atomic E-state index is 12.2. The second-order valence-corrected chi connectivity index (χ2v) is 7.00. The molecule has 1 aliphatic rings. The van der Waals surface area contributed by atoms with Gasteiger partial charge in [-0.05, 0) is 32.4 Å². The lowest BCUT2D eigenvalue weighted by Crippen LogP contribution is -2.36. The second kappa shape index (κ2) is 11.2. The summed E-state index contributed by atoms with van der Waals surface area (Å²) in [5.41, 5.74) is 0.694. The number of carbonyl (C=O) groups is 2. The van der Waals surface area contributed by atoms with Gasteiger partial charge in [-0.1, -0.05) is 29.8 Å². The van der Waals surface area contributed by atoms with Gasteiger partial charge in [0.05, 0.1) is 24.5 Å². The van der Waals surface area contributed by atoms with Crippen molar-refractivity contribution in [2.24, 2.45) is 10.9 Å². The summed E-state index contributed by atoms with van der Waals surface area (Å²) in [4.78, 5) is 28.4. The van der Waals surface area contributed by atoms with Crippen molar-refractivity contribution in [2.75, 3.05) is 26.4 Å². The van der Waals surface area contributed by atoms with Crippen LogP contribution in [0.2, 0.25) is 5.02 Å². The molecule has 1 heterocycles. The number of carboxylic acid groups (broad SMARTS) is 2. The van der Waals surface area contributed by atoms with E-state index >= 15 is 0 Å². The normalized spacial score (nSPS) is 19.2. The van der Waals surface area contributed by atoms with Crippen LogP contribution in [0.5, 0.6) is 0 Å². The molecule has 164 valence electrons. The van der Waals surface area contributed by atoms with Gasteiger partial charge in [0.15, 0.2) is 6.29 Å². The minimum atomic E-state index is -1.27. The molecule has 0 saturated heterocycles. The van der Waals surface area contributed by atoms with E-state index in [2.05, 4.69) is 4.99 Å². The average molecular weight is 440 g/mol. The van der Waals surface area contributed by atoms with E-state index in [1.54, 1.807) is 31.2 Å². The van der Waals surface area contributed by atoms with Gasteiger partial charge in [0.25, 0.3) is 0 Å². The fraction of sp³-hybridized carbons (Fsp3) is 0.476. The molecule has 1 aliphatic heterocycles. The molecule has 0 bridgehead atoms. The van der Waals surface area contributed by atoms with Crippen LogP contribution in [0.3, 0.4) is 0 Å². The number of benzene rings is 1. The Labute approximate surface area is 180 Å². The maximum absolute atomic E-state index is 12.2. The van der Waals surface area contributed by atoms with Crippen molar-refractivity contribution in [3.8, 4) is 0 Å². The Balaban J connectivity index is 2.41. The van der Waals surface area contributed by atoms with Gasteiger partial charge in [-0.3, -0.25) is 9.79 Å². The number of ether oxygens (including phenoxy) is 3. The zero-order valence-electron chi connectivity index (χ0n) is 17.1. The monoisotopic (exact) mass is 439 g/mol. The molecule has 2 unspecified atom stereocenters. The molecule has 1 aromatic carbocycles. The van der Waals surface area contributed by atoms with Gasteiger partial charge in [0.1, 0.15) is 5.92 Å². The summed E-state index contributed by atoms with van der Waals surface area (Å²) >= 11 is 6.30. The lowest BCUT2D eigenvalue weighted by molar-refractivity contribution is -0.165. The van der Waals surface area contributed by atoms with Crippen molar-refractivity contribution in [3.05, 3.63) is 46.1 Å². The molecule has 0 amide bonds. The number of halogens is 1. The first-order valence-corrected chi connectivity index (χ1v) is 9.99. The SMILES string of the molecule is CCOC(COCC1=C(C(=O)O)C(c2ccccc2Cl)C(C(=O)O)C(C)=N1)OCC. The van der Waals surface area contributed by atoms with E-state index < -0.39 is 30.1 Å². The molecular weight excluding hydrogens is 414 g/mol. The zero-order chi connectivity index (χ0) is 22.3. The number of aliphatic imine (C=N–C) groups is 1. The van der Waals surface area contributed by atoms with Gasteiger partial charge in [-0.15, -0.1) is 0 Å². The molecule has 30 heavy (non-hydrogen) atoms. The first-order valence-electron chi connectivity index (χ1n) is 9.61. The Hall–Kier alpha value is -2.26. The predicted octanol–water partition coefficient (Wildman–Crippen LogP) is 3.35. The molecule has 0 radical (unpaired) electrons. The minimum Gasteiger partial charge on any atom is -0.481 e. The Morgan fingerprint density at radius 3 is 2.33 bits per heavy atom. The summed E-state index contributed by atoms with van der Waals surface area (Å²) in [6.07, 6.45) is -0.589. The van der Waals surface area contributed by atoms with E-state index in [-0.39, 0.29) is 35.2 Å². The molecular formula is C21H26ClNO7. The van der Waals surface area contributed by atoms with E-state index in [4.69, 9.17) is 25.8 Å². The first kappa shape index (κ1) is 24.0. The summed E-state index contributed by atoms with van der Waals surface area (Å²) in [7, 11) is 0. The van der Waals surface area contributed by atoms with Crippen LogP contribution in [0.25, 0.3) is 0 Å². The third-order valence-corrected chi connectivity index (χ3v) is 5.00. The second-order valence-electron chi connectivity index (χ2n) is 6.59. The van der Waals surface area contributed by atoms with Crippen molar-refractivity contribution in [3.63, 3.8) is 0 Å². The Bertz CT molecular complexity index is 830. The standard InChI is InChI=1S/C21H26ClNO7/c1-4-29-16(30-5-2)11-28-10-15-19(21(26)27)18(13-8-6-7-9-14(13)22)17(20(24)25)12(3)23-15/h6-9,16-18H,4-5,10-11H2,1-3H3,(H,24,25)(H,26,27). The van der Waals surface area contributed by atoms with Crippen LogP contribution in [-0.4, -0.2) is 60.6 Å². The van der Waals surface area contributed by atoms with Crippen molar-refractivity contribution >= 4 is 29.3 Å². The van der Waals surface area contributed by atoms with E-state index in [0.29, 0.717) is 18.8 Å². The largest absolute Gasteiger partial charge is 0.481 e. The van der Waals surface area contributed by atoms with E-state index in [9.17, 15) is 19.8 Å². The molecule has 1 aromatic rings. The van der Waals surface area contributed by atoms with Gasteiger partial charge >= 0.3 is 11.9 Å². The summed E-state index contributed by atoms with van der Waals surface area (Å²) in [5, 5.41) is 20.0. The molecule has 8 nitrogen and oxygen atoms in total. The van der Waals surface area contributed by atoms with Crippen molar-refractivity contribution in [2.45, 2.75) is 33.0 Å². The van der Waals surface area contributed by atoms with E-state index in [1.807, 2.05) is 13.8 Å². The molecule has 2 N–H and O–H groups in total. The van der Waals surface area contributed by atoms with Gasteiger partial charge in [-0.25, -0.2) is 4.79 Å². The third kappa shape index (κ3) is 5.66. The fourth-order valence-electron chi connectivity index (χ4n) is 3.45. The molecule has 2 rings (SSSR count). The smallest absolute Gasteiger partial charge is 0.334 e. The lowest BCUT2D eigenvalue weighted by atomic mass is 9.75. The number of hydrogen-bond acceptors (Lipinski definition) is 6. The van der Waals surface area contributed by atoms with Crippen LogP contribution in [0, 0.1) is 5.92 Å². The Morgan fingerprint density at radius 2 is 1.80 bits per heavy atom. The van der Waals surface area contributed by atoms with Gasteiger partial charge in [0, 0.05) is 29.9 Å². The maximum Gasteiger partial charge on any atom is 0.334 e. The highest BCUT2D eigenvalue weighted by molar-refractivity contribution is 6.31. The van der Waals surface area contributed by atoms with Crippen LogP contribution in [-0.2, 0) is 23.8 Å². The van der Waals surface area contributed by atoms with E-state index in [1.165, 1.54) is 0 Å². The Morgan fingerprint density at radius 1 is 1.17 bits per heavy atom. The third-order valence-electron chi connectivity index (χ3n) is 4.65. The van der Waals surface area contributed by atoms with Crippen molar-refractivity contribution in [1.29, 1.82) is 0 Å². The highest BCUT2D eigenvalue weighted by Crippen LogP contribution is 2.41. The number of nitrogens with zero attached hydrogens (tertiary/aromatic N) is 1. The highest BCUT2D eigenvalue weighted by atomic mass is 35.5. The minimum absolute atomic E-state index is 0.0752.